The molecule has 0 unspecified atom stereocenters. The maximum atomic E-state index is 13.4. The third kappa shape index (κ3) is 6.75. The van der Waals surface area contributed by atoms with E-state index in [1.54, 1.807) is 23.1 Å². The van der Waals surface area contributed by atoms with Crippen LogP contribution in [0.2, 0.25) is 0 Å². The summed E-state index contributed by atoms with van der Waals surface area (Å²) in [4.78, 5) is 14.6. The van der Waals surface area contributed by atoms with Crippen molar-refractivity contribution in [2.45, 2.75) is 31.9 Å². The quantitative estimate of drug-likeness (QED) is 0.350. The lowest BCUT2D eigenvalue weighted by atomic mass is 10.1. The van der Waals surface area contributed by atoms with Gasteiger partial charge in [-0.25, -0.2) is 4.39 Å². The molecule has 156 valence electrons. The average molecular weight is 407 g/mol. The highest BCUT2D eigenvalue weighted by Crippen LogP contribution is 2.18. The van der Waals surface area contributed by atoms with E-state index in [0.29, 0.717) is 31.7 Å². The lowest BCUT2D eigenvalue weighted by Gasteiger charge is -2.24. The van der Waals surface area contributed by atoms with E-state index in [4.69, 9.17) is 15.9 Å². The maximum Gasteiger partial charge on any atom is 0.246 e. The molecule has 30 heavy (non-hydrogen) atoms. The zero-order valence-corrected chi connectivity index (χ0v) is 16.9. The van der Waals surface area contributed by atoms with E-state index >= 15 is 0 Å². The van der Waals surface area contributed by atoms with Gasteiger partial charge in [-0.2, -0.15) is 0 Å². The van der Waals surface area contributed by atoms with Gasteiger partial charge in [0.2, 0.25) is 5.91 Å². The van der Waals surface area contributed by atoms with Crippen LogP contribution in [0.3, 0.4) is 0 Å². The molecule has 0 aliphatic carbocycles. The zero-order valence-electron chi connectivity index (χ0n) is 16.9. The number of ether oxygens (including phenoxy) is 2. The Kier molecular flexibility index (Phi) is 8.05. The Morgan fingerprint density at radius 2 is 2.13 bits per heavy atom. The molecule has 0 bridgehead atoms. The van der Waals surface area contributed by atoms with Gasteiger partial charge in [0.1, 0.15) is 11.6 Å². The Bertz CT molecular complexity index is 895. The molecule has 1 aliphatic rings. The van der Waals surface area contributed by atoms with Crippen LogP contribution in [-0.4, -0.2) is 36.7 Å². The molecule has 1 aliphatic heterocycles. The van der Waals surface area contributed by atoms with Crippen LogP contribution in [0.15, 0.2) is 54.6 Å². The van der Waals surface area contributed by atoms with Crippen LogP contribution in [0.1, 0.15) is 30.4 Å². The van der Waals surface area contributed by atoms with Gasteiger partial charge in [0.15, 0.2) is 0 Å². The van der Waals surface area contributed by atoms with Gasteiger partial charge in [0.05, 0.1) is 12.7 Å². The Hall–Kier alpha value is -3.10. The number of amides is 1. The van der Waals surface area contributed by atoms with Crippen LogP contribution in [0.4, 0.5) is 4.39 Å². The summed E-state index contributed by atoms with van der Waals surface area (Å²) in [6, 6.07) is 13.8. The molecule has 0 saturated carbocycles. The first-order chi connectivity index (χ1) is 14.6. The minimum absolute atomic E-state index is 0.0443. The highest BCUT2D eigenvalue weighted by molar-refractivity contribution is 5.91. The topological polar surface area (TPSA) is 38.8 Å². The summed E-state index contributed by atoms with van der Waals surface area (Å²) in [5.41, 5.74) is 1.64. The zero-order chi connectivity index (χ0) is 21.2. The second-order valence-electron chi connectivity index (χ2n) is 7.19. The number of benzene rings is 2. The second kappa shape index (κ2) is 11.2. The van der Waals surface area contributed by atoms with Gasteiger partial charge in [0, 0.05) is 32.2 Å². The smallest absolute Gasteiger partial charge is 0.246 e. The minimum Gasteiger partial charge on any atom is -0.493 e. The van der Waals surface area contributed by atoms with Gasteiger partial charge in [0.25, 0.3) is 0 Å². The molecule has 2 aromatic rings. The summed E-state index contributed by atoms with van der Waals surface area (Å²) >= 11 is 0. The minimum atomic E-state index is -0.328. The summed E-state index contributed by atoms with van der Waals surface area (Å²) in [5, 5.41) is 0. The first-order valence-corrected chi connectivity index (χ1v) is 10.1. The van der Waals surface area contributed by atoms with Crippen molar-refractivity contribution in [2.75, 3.05) is 19.8 Å². The third-order valence-electron chi connectivity index (χ3n) is 4.84. The normalized spacial score (nSPS) is 15.8. The lowest BCUT2D eigenvalue weighted by molar-refractivity contribution is -0.128. The SMILES string of the molecule is C#CCCOc1ccc(CN(C[C@H]2CCCO2)C(=O)/C=C/c2cccc(F)c2)cc1. The van der Waals surface area contributed by atoms with Crippen LogP contribution in [-0.2, 0) is 16.1 Å². The fourth-order valence-corrected chi connectivity index (χ4v) is 3.29. The second-order valence-corrected chi connectivity index (χ2v) is 7.19. The van der Waals surface area contributed by atoms with E-state index < -0.39 is 0 Å². The first-order valence-electron chi connectivity index (χ1n) is 10.1. The number of rotatable bonds is 9. The fourth-order valence-electron chi connectivity index (χ4n) is 3.29. The predicted molar refractivity (Wildman–Crippen MR) is 115 cm³/mol. The van der Waals surface area contributed by atoms with Crippen molar-refractivity contribution in [3.8, 4) is 18.1 Å². The number of nitrogens with zero attached hydrogens (tertiary/aromatic N) is 1. The van der Waals surface area contributed by atoms with Crippen LogP contribution in [0, 0.1) is 18.2 Å². The average Bonchev–Trinajstić information content (AvgIpc) is 3.26. The van der Waals surface area contributed by atoms with E-state index in [9.17, 15) is 9.18 Å². The molecule has 1 amide bonds. The van der Waals surface area contributed by atoms with Crippen LogP contribution in [0.25, 0.3) is 6.08 Å². The van der Waals surface area contributed by atoms with Crippen LogP contribution < -0.4 is 4.74 Å². The van der Waals surface area contributed by atoms with Gasteiger partial charge in [-0.05, 0) is 54.3 Å². The number of carbonyl (C=O) groups is 1. The molecule has 0 spiro atoms. The molecule has 0 aromatic heterocycles. The van der Waals surface area contributed by atoms with E-state index in [2.05, 4.69) is 5.92 Å². The Balaban J connectivity index is 1.67. The molecular weight excluding hydrogens is 381 g/mol. The standard InChI is InChI=1S/C25H26FNO3/c1-2-3-15-29-23-12-9-21(10-13-23)18-27(19-24-8-5-16-30-24)25(28)14-11-20-6-4-7-22(26)17-20/h1,4,6-7,9-14,17,24H,3,5,8,15-16,18-19H2/b14-11+/t24-/m1/s1. The van der Waals surface area contributed by atoms with Crippen molar-refractivity contribution < 1.29 is 18.7 Å². The Morgan fingerprint density at radius 3 is 2.83 bits per heavy atom. The number of hydrogen-bond acceptors (Lipinski definition) is 3. The molecule has 1 atom stereocenters. The molecule has 4 nitrogen and oxygen atoms in total. The van der Waals surface area contributed by atoms with E-state index in [1.807, 2.05) is 24.3 Å². The molecule has 5 heteroatoms. The van der Waals surface area contributed by atoms with Crippen LogP contribution >= 0.6 is 0 Å². The van der Waals surface area contributed by atoms with Gasteiger partial charge in [-0.1, -0.05) is 24.3 Å². The van der Waals surface area contributed by atoms with Crippen molar-refractivity contribution in [1.29, 1.82) is 0 Å². The largest absolute Gasteiger partial charge is 0.493 e. The van der Waals surface area contributed by atoms with Crippen molar-refractivity contribution in [3.05, 3.63) is 71.6 Å². The number of carbonyl (C=O) groups excluding carboxylic acids is 1. The Morgan fingerprint density at radius 1 is 1.30 bits per heavy atom. The van der Waals surface area contributed by atoms with Gasteiger partial charge in [-0.15, -0.1) is 12.3 Å². The van der Waals surface area contributed by atoms with Crippen molar-refractivity contribution in [2.24, 2.45) is 0 Å². The van der Waals surface area contributed by atoms with Crippen molar-refractivity contribution >= 4 is 12.0 Å². The summed E-state index contributed by atoms with van der Waals surface area (Å²) in [6.45, 7) is 2.18. The molecule has 2 aromatic carbocycles. The lowest BCUT2D eigenvalue weighted by Crippen LogP contribution is -2.35. The molecular formula is C25H26FNO3. The maximum absolute atomic E-state index is 13.4. The highest BCUT2D eigenvalue weighted by atomic mass is 19.1. The molecule has 1 saturated heterocycles. The van der Waals surface area contributed by atoms with E-state index in [-0.39, 0.29) is 17.8 Å². The molecule has 0 radical (unpaired) electrons. The highest BCUT2D eigenvalue weighted by Gasteiger charge is 2.21. The number of hydrogen-bond donors (Lipinski definition) is 0. The molecule has 0 N–H and O–H groups in total. The predicted octanol–water partition coefficient (Wildman–Crippen LogP) is 4.45. The number of terminal acetylenes is 1. The summed E-state index contributed by atoms with van der Waals surface area (Å²) in [5.74, 6) is 2.82. The van der Waals surface area contributed by atoms with Gasteiger partial charge >= 0.3 is 0 Å². The van der Waals surface area contributed by atoms with Gasteiger partial charge in [-0.3, -0.25) is 4.79 Å². The van der Waals surface area contributed by atoms with Gasteiger partial charge < -0.3 is 14.4 Å². The fraction of sp³-hybridized carbons (Fsp3) is 0.320. The van der Waals surface area contributed by atoms with Crippen LogP contribution in [0.5, 0.6) is 5.75 Å². The summed E-state index contributed by atoms with van der Waals surface area (Å²) in [6.07, 6.45) is 10.9. The summed E-state index contributed by atoms with van der Waals surface area (Å²) in [7, 11) is 0. The molecule has 1 fully saturated rings. The molecule has 1 heterocycles. The Labute approximate surface area is 177 Å². The van der Waals surface area contributed by atoms with Crippen molar-refractivity contribution in [3.63, 3.8) is 0 Å². The number of halogens is 1. The van der Waals surface area contributed by atoms with E-state index in [0.717, 1.165) is 30.8 Å². The van der Waals surface area contributed by atoms with Crippen molar-refractivity contribution in [1.82, 2.24) is 4.90 Å². The molecule has 3 rings (SSSR count). The third-order valence-corrected chi connectivity index (χ3v) is 4.84. The monoisotopic (exact) mass is 407 g/mol. The first kappa shape index (κ1) is 21.6. The van der Waals surface area contributed by atoms with E-state index in [1.165, 1.54) is 18.2 Å². The summed E-state index contributed by atoms with van der Waals surface area (Å²) < 4.78 is 24.7.